The second kappa shape index (κ2) is 7.95. The summed E-state index contributed by atoms with van der Waals surface area (Å²) in [5, 5.41) is 3.92. The summed E-state index contributed by atoms with van der Waals surface area (Å²) in [7, 11) is 0. The second-order valence-electron chi connectivity index (χ2n) is 6.44. The van der Waals surface area contributed by atoms with Crippen molar-refractivity contribution < 1.29 is 0 Å². The third-order valence-electron chi connectivity index (χ3n) is 3.88. The number of hydrogen-bond acceptors (Lipinski definition) is 4. The Morgan fingerprint density at radius 2 is 1.90 bits per heavy atom. The van der Waals surface area contributed by atoms with Crippen molar-refractivity contribution in [3.8, 4) is 0 Å². The summed E-state index contributed by atoms with van der Waals surface area (Å²) in [6, 6.07) is 1.81. The number of hydrogen-bond donors (Lipinski definition) is 1. The molecule has 4 nitrogen and oxygen atoms in total. The molecule has 0 amide bonds. The summed E-state index contributed by atoms with van der Waals surface area (Å²) in [5.74, 6) is 2.52. The molecule has 118 valence electrons. The maximum atomic E-state index is 6.07. The number of rotatable bonds is 6. The minimum absolute atomic E-state index is 0.287. The molecule has 0 bridgehead atoms. The van der Waals surface area contributed by atoms with E-state index in [-0.39, 0.29) is 5.92 Å². The number of anilines is 1. The molecule has 1 aliphatic heterocycles. The van der Waals surface area contributed by atoms with Crippen molar-refractivity contribution in [2.75, 3.05) is 31.5 Å². The summed E-state index contributed by atoms with van der Waals surface area (Å²) in [5.41, 5.74) is 0. The minimum atomic E-state index is 0.287. The van der Waals surface area contributed by atoms with E-state index in [1.165, 1.54) is 32.4 Å². The molecule has 2 heterocycles. The van der Waals surface area contributed by atoms with Crippen LogP contribution in [0.5, 0.6) is 0 Å². The van der Waals surface area contributed by atoms with Gasteiger partial charge in [0.25, 0.3) is 0 Å². The Hall–Kier alpha value is -0.870. The van der Waals surface area contributed by atoms with Crippen LogP contribution < -0.4 is 5.32 Å². The molecule has 2 rings (SSSR count). The van der Waals surface area contributed by atoms with Gasteiger partial charge in [-0.3, -0.25) is 0 Å². The first kappa shape index (κ1) is 16.5. The van der Waals surface area contributed by atoms with E-state index in [2.05, 4.69) is 41.0 Å². The van der Waals surface area contributed by atoms with Crippen LogP contribution in [0.2, 0.25) is 5.15 Å². The highest BCUT2D eigenvalue weighted by Gasteiger charge is 2.14. The van der Waals surface area contributed by atoms with Gasteiger partial charge in [0.05, 0.1) is 0 Å². The van der Waals surface area contributed by atoms with Crippen LogP contribution in [0, 0.1) is 5.92 Å². The third-order valence-corrected chi connectivity index (χ3v) is 4.07. The van der Waals surface area contributed by atoms with Gasteiger partial charge in [-0.2, -0.15) is 0 Å². The molecule has 0 aromatic carbocycles. The lowest BCUT2D eigenvalue weighted by Gasteiger charge is -2.29. The Bertz CT molecular complexity index is 444. The fourth-order valence-electron chi connectivity index (χ4n) is 2.71. The molecule has 5 heteroatoms. The van der Waals surface area contributed by atoms with Crippen molar-refractivity contribution in [2.45, 2.75) is 46.0 Å². The molecule has 1 N–H and O–H groups in total. The van der Waals surface area contributed by atoms with E-state index in [4.69, 9.17) is 11.6 Å². The van der Waals surface area contributed by atoms with Gasteiger partial charge in [-0.25, -0.2) is 9.97 Å². The molecule has 0 saturated carbocycles. The maximum absolute atomic E-state index is 6.07. The summed E-state index contributed by atoms with van der Waals surface area (Å²) >= 11 is 6.07. The highest BCUT2D eigenvalue weighted by Crippen LogP contribution is 2.17. The smallest absolute Gasteiger partial charge is 0.135 e. The fourth-order valence-corrected chi connectivity index (χ4v) is 2.90. The molecule has 1 aromatic heterocycles. The summed E-state index contributed by atoms with van der Waals surface area (Å²) in [6.45, 7) is 11.0. The number of nitrogens with one attached hydrogen (secondary N) is 1. The lowest BCUT2D eigenvalue weighted by atomic mass is 10.1. The molecule has 1 aromatic rings. The van der Waals surface area contributed by atoms with Gasteiger partial charge < -0.3 is 10.2 Å². The molecule has 0 spiro atoms. The van der Waals surface area contributed by atoms with E-state index < -0.39 is 0 Å². The van der Waals surface area contributed by atoms with Crippen LogP contribution >= 0.6 is 11.6 Å². The first-order valence-corrected chi connectivity index (χ1v) is 8.43. The zero-order valence-electron chi connectivity index (χ0n) is 13.4. The van der Waals surface area contributed by atoms with E-state index in [9.17, 15) is 0 Å². The summed E-state index contributed by atoms with van der Waals surface area (Å²) in [6.07, 6.45) is 4.08. The first-order chi connectivity index (χ1) is 10.0. The van der Waals surface area contributed by atoms with Crippen LogP contribution in [0.1, 0.15) is 51.8 Å². The van der Waals surface area contributed by atoms with Crippen LogP contribution in [-0.2, 0) is 0 Å². The summed E-state index contributed by atoms with van der Waals surface area (Å²) in [4.78, 5) is 11.4. The van der Waals surface area contributed by atoms with Crippen molar-refractivity contribution in [2.24, 2.45) is 5.92 Å². The first-order valence-electron chi connectivity index (χ1n) is 8.05. The molecule has 1 atom stereocenters. The number of halogens is 1. The van der Waals surface area contributed by atoms with Crippen LogP contribution in [0.15, 0.2) is 6.07 Å². The average Bonchev–Trinajstić information content (AvgIpc) is 2.45. The van der Waals surface area contributed by atoms with Gasteiger partial charge in [0.15, 0.2) is 0 Å². The Morgan fingerprint density at radius 3 is 2.57 bits per heavy atom. The molecule has 1 aliphatic rings. The standard InChI is InChI=1S/C16H27ClN4/c1-12(2)16-19-14(17)9-15(20-16)18-10-13(3)11-21-7-5-4-6-8-21/h9,12-13H,4-8,10-11H2,1-3H3,(H,18,19,20). The van der Waals surface area contributed by atoms with Gasteiger partial charge in [0.2, 0.25) is 0 Å². The number of piperidine rings is 1. The lowest BCUT2D eigenvalue weighted by Crippen LogP contribution is -2.35. The van der Waals surface area contributed by atoms with Crippen molar-refractivity contribution in [1.29, 1.82) is 0 Å². The highest BCUT2D eigenvalue weighted by molar-refractivity contribution is 6.29. The van der Waals surface area contributed by atoms with Crippen molar-refractivity contribution in [3.05, 3.63) is 17.0 Å². The third kappa shape index (κ3) is 5.44. The van der Waals surface area contributed by atoms with Crippen molar-refractivity contribution >= 4 is 17.4 Å². The van der Waals surface area contributed by atoms with Gasteiger partial charge in [-0.15, -0.1) is 0 Å². The van der Waals surface area contributed by atoms with Crippen molar-refractivity contribution in [1.82, 2.24) is 14.9 Å². The Morgan fingerprint density at radius 1 is 1.19 bits per heavy atom. The molecule has 21 heavy (non-hydrogen) atoms. The minimum Gasteiger partial charge on any atom is -0.370 e. The van der Waals surface area contributed by atoms with Crippen LogP contribution in [-0.4, -0.2) is 41.0 Å². The number of likely N-dealkylation sites (tertiary alicyclic amines) is 1. The Kier molecular flexibility index (Phi) is 6.24. The van der Waals surface area contributed by atoms with Gasteiger partial charge >= 0.3 is 0 Å². The molecule has 1 saturated heterocycles. The second-order valence-corrected chi connectivity index (χ2v) is 6.82. The van der Waals surface area contributed by atoms with E-state index in [0.717, 1.165) is 24.7 Å². The SMILES string of the molecule is CC(CNc1cc(Cl)nc(C(C)C)n1)CN1CCCCC1. The molecular formula is C16H27ClN4. The fraction of sp³-hybridized carbons (Fsp3) is 0.750. The summed E-state index contributed by atoms with van der Waals surface area (Å²) < 4.78 is 0. The van der Waals surface area contributed by atoms with Crippen LogP contribution in [0.3, 0.4) is 0 Å². The largest absolute Gasteiger partial charge is 0.370 e. The van der Waals surface area contributed by atoms with Crippen molar-refractivity contribution in [3.63, 3.8) is 0 Å². The quantitative estimate of drug-likeness (QED) is 0.812. The van der Waals surface area contributed by atoms with E-state index in [1.54, 1.807) is 6.07 Å². The zero-order valence-corrected chi connectivity index (χ0v) is 14.2. The van der Waals surface area contributed by atoms with Gasteiger partial charge in [-0.05, 0) is 31.8 Å². The van der Waals surface area contributed by atoms with E-state index in [1.807, 2.05) is 0 Å². The Labute approximate surface area is 133 Å². The molecular weight excluding hydrogens is 284 g/mol. The lowest BCUT2D eigenvalue weighted by molar-refractivity contribution is 0.204. The Balaban J connectivity index is 1.84. The molecule has 0 radical (unpaired) electrons. The average molecular weight is 311 g/mol. The number of nitrogens with zero attached hydrogens (tertiary/aromatic N) is 3. The van der Waals surface area contributed by atoms with E-state index in [0.29, 0.717) is 11.1 Å². The van der Waals surface area contributed by atoms with Gasteiger partial charge in [-0.1, -0.05) is 38.8 Å². The van der Waals surface area contributed by atoms with Gasteiger partial charge in [0.1, 0.15) is 16.8 Å². The van der Waals surface area contributed by atoms with Crippen LogP contribution in [0.25, 0.3) is 0 Å². The monoisotopic (exact) mass is 310 g/mol. The molecule has 1 fully saturated rings. The molecule has 0 aliphatic carbocycles. The number of aromatic nitrogens is 2. The normalized spacial score (nSPS) is 18.0. The van der Waals surface area contributed by atoms with Gasteiger partial charge in [0, 0.05) is 25.1 Å². The van der Waals surface area contributed by atoms with Crippen LogP contribution in [0.4, 0.5) is 5.82 Å². The topological polar surface area (TPSA) is 41.1 Å². The predicted octanol–water partition coefficient (Wildman–Crippen LogP) is 3.79. The van der Waals surface area contributed by atoms with E-state index >= 15 is 0 Å². The molecule has 1 unspecified atom stereocenters. The zero-order chi connectivity index (χ0) is 15.2. The predicted molar refractivity (Wildman–Crippen MR) is 89.1 cm³/mol. The highest BCUT2D eigenvalue weighted by atomic mass is 35.5. The maximum Gasteiger partial charge on any atom is 0.135 e.